The first-order valence-corrected chi connectivity index (χ1v) is 6.42. The van der Waals surface area contributed by atoms with Crippen molar-refractivity contribution in [1.29, 1.82) is 0 Å². The number of amides is 1. The lowest BCUT2D eigenvalue weighted by Gasteiger charge is -2.26. The van der Waals surface area contributed by atoms with Crippen LogP contribution in [0.1, 0.15) is 46.0 Å². The molecule has 2 atom stereocenters. The Kier molecular flexibility index (Phi) is 6.96. The van der Waals surface area contributed by atoms with Gasteiger partial charge in [-0.25, -0.2) is 4.79 Å². The molecule has 1 saturated heterocycles. The summed E-state index contributed by atoms with van der Waals surface area (Å²) in [6, 6.07) is 0. The molecule has 1 fully saturated rings. The van der Waals surface area contributed by atoms with E-state index in [0.29, 0.717) is 6.61 Å². The molecule has 100 valence electrons. The van der Waals surface area contributed by atoms with Gasteiger partial charge in [0.05, 0.1) is 6.61 Å². The maximum absolute atomic E-state index is 11.3. The lowest BCUT2D eigenvalue weighted by molar-refractivity contribution is -0.188. The van der Waals surface area contributed by atoms with Gasteiger partial charge in [0.25, 0.3) is 0 Å². The average Bonchev–Trinajstić information content (AvgIpc) is 2.30. The maximum Gasteiger partial charge on any atom is 0.409 e. The summed E-state index contributed by atoms with van der Waals surface area (Å²) in [5.41, 5.74) is 0. The molecule has 0 aromatic rings. The minimum Gasteiger partial charge on any atom is -0.450 e. The molecule has 1 rings (SSSR count). The molecule has 5 heteroatoms. The van der Waals surface area contributed by atoms with E-state index in [1.165, 1.54) is 0 Å². The van der Waals surface area contributed by atoms with Gasteiger partial charge in [0.15, 0.2) is 6.29 Å². The Hall–Kier alpha value is -0.810. The highest BCUT2D eigenvalue weighted by Gasteiger charge is 2.18. The topological polar surface area (TPSA) is 56.8 Å². The fraction of sp³-hybridized carbons (Fsp3) is 0.917. The first-order chi connectivity index (χ1) is 8.22. The second-order valence-corrected chi connectivity index (χ2v) is 4.21. The van der Waals surface area contributed by atoms with E-state index < -0.39 is 6.09 Å². The Labute approximate surface area is 103 Å². The van der Waals surface area contributed by atoms with E-state index in [1.54, 1.807) is 6.92 Å². The van der Waals surface area contributed by atoms with Crippen LogP contribution in [0.15, 0.2) is 0 Å². The second-order valence-electron chi connectivity index (χ2n) is 4.21. The third-order valence-electron chi connectivity index (χ3n) is 2.55. The van der Waals surface area contributed by atoms with E-state index in [-0.39, 0.29) is 12.5 Å². The molecule has 0 spiro atoms. The van der Waals surface area contributed by atoms with Crippen molar-refractivity contribution in [1.82, 2.24) is 5.32 Å². The number of rotatable bonds is 6. The number of unbranched alkanes of at least 4 members (excludes halogenated alkanes) is 1. The normalized spacial score (nSPS) is 21.9. The molecule has 5 nitrogen and oxygen atoms in total. The van der Waals surface area contributed by atoms with Crippen molar-refractivity contribution in [2.75, 3.05) is 13.2 Å². The highest BCUT2D eigenvalue weighted by atomic mass is 16.7. The zero-order valence-electron chi connectivity index (χ0n) is 10.7. The molecule has 1 aliphatic heterocycles. The third kappa shape index (κ3) is 6.48. The maximum atomic E-state index is 11.3. The summed E-state index contributed by atoms with van der Waals surface area (Å²) in [6.07, 6.45) is 3.96. The summed E-state index contributed by atoms with van der Waals surface area (Å²) in [5.74, 6) is 0. The molecule has 0 radical (unpaired) electrons. The fourth-order valence-corrected chi connectivity index (χ4v) is 1.60. The van der Waals surface area contributed by atoms with Gasteiger partial charge in [-0.2, -0.15) is 0 Å². The predicted molar refractivity (Wildman–Crippen MR) is 63.5 cm³/mol. The number of hydrogen-bond acceptors (Lipinski definition) is 4. The molecule has 0 aromatic heterocycles. The zero-order chi connectivity index (χ0) is 12.5. The Balaban J connectivity index is 2.10. The quantitative estimate of drug-likeness (QED) is 0.576. The molecule has 1 N–H and O–H groups in total. The van der Waals surface area contributed by atoms with E-state index in [2.05, 4.69) is 5.32 Å². The summed E-state index contributed by atoms with van der Waals surface area (Å²) < 4.78 is 15.9. The lowest BCUT2D eigenvalue weighted by atomic mass is 10.2. The van der Waals surface area contributed by atoms with Crippen LogP contribution in [0.2, 0.25) is 0 Å². The monoisotopic (exact) mass is 245 g/mol. The molecule has 0 saturated carbocycles. The summed E-state index contributed by atoms with van der Waals surface area (Å²) in [6.45, 7) is 5.01. The minimum atomic E-state index is -0.429. The van der Waals surface area contributed by atoms with Crippen molar-refractivity contribution < 1.29 is 19.0 Å². The Bertz CT molecular complexity index is 217. The summed E-state index contributed by atoms with van der Waals surface area (Å²) in [5, 5.41) is 2.62. The van der Waals surface area contributed by atoms with Crippen molar-refractivity contribution in [3.63, 3.8) is 0 Å². The number of alkyl carbamates (subject to hydrolysis) is 1. The molecule has 1 aliphatic rings. The van der Waals surface area contributed by atoms with Crippen LogP contribution >= 0.6 is 0 Å². The van der Waals surface area contributed by atoms with Gasteiger partial charge in [-0.05, 0) is 32.6 Å². The van der Waals surface area contributed by atoms with Crippen molar-refractivity contribution in [2.24, 2.45) is 0 Å². The predicted octanol–water partition coefficient (Wildman–Crippen LogP) is 2.40. The zero-order valence-corrected chi connectivity index (χ0v) is 10.7. The van der Waals surface area contributed by atoms with Crippen molar-refractivity contribution in [2.45, 2.75) is 58.5 Å². The molecule has 0 aliphatic carbocycles. The van der Waals surface area contributed by atoms with Crippen LogP contribution in [0.25, 0.3) is 0 Å². The summed E-state index contributed by atoms with van der Waals surface area (Å²) in [4.78, 5) is 11.3. The van der Waals surface area contributed by atoms with Gasteiger partial charge in [0.2, 0.25) is 0 Å². The Morgan fingerprint density at radius 1 is 1.53 bits per heavy atom. The van der Waals surface area contributed by atoms with Crippen LogP contribution in [0.5, 0.6) is 0 Å². The van der Waals surface area contributed by atoms with Crippen LogP contribution in [0.4, 0.5) is 4.79 Å². The first kappa shape index (κ1) is 14.3. The van der Waals surface area contributed by atoms with E-state index in [4.69, 9.17) is 14.2 Å². The number of ether oxygens (including phenoxy) is 3. The lowest BCUT2D eigenvalue weighted by Crippen LogP contribution is -2.39. The molecular weight excluding hydrogens is 222 g/mol. The standard InChI is InChI=1S/C12H23NO4/c1-3-4-8-16-12(14)13-10(2)17-11-7-5-6-9-15-11/h10-11H,3-9H2,1-2H3,(H,13,14). The highest BCUT2D eigenvalue weighted by molar-refractivity contribution is 5.67. The van der Waals surface area contributed by atoms with E-state index in [9.17, 15) is 4.79 Å². The van der Waals surface area contributed by atoms with Gasteiger partial charge in [-0.3, -0.25) is 5.32 Å². The number of carbonyl (C=O) groups is 1. The average molecular weight is 245 g/mol. The molecular formula is C12H23NO4. The SMILES string of the molecule is CCCCOC(=O)NC(C)OC1CCCCO1. The van der Waals surface area contributed by atoms with Gasteiger partial charge < -0.3 is 14.2 Å². The molecule has 2 unspecified atom stereocenters. The summed E-state index contributed by atoms with van der Waals surface area (Å²) in [7, 11) is 0. The van der Waals surface area contributed by atoms with E-state index in [1.807, 2.05) is 6.92 Å². The van der Waals surface area contributed by atoms with Gasteiger partial charge in [-0.1, -0.05) is 13.3 Å². The first-order valence-electron chi connectivity index (χ1n) is 6.42. The fourth-order valence-electron chi connectivity index (χ4n) is 1.60. The Morgan fingerprint density at radius 2 is 2.35 bits per heavy atom. The van der Waals surface area contributed by atoms with Crippen molar-refractivity contribution >= 4 is 6.09 Å². The van der Waals surface area contributed by atoms with Gasteiger partial charge in [-0.15, -0.1) is 0 Å². The Morgan fingerprint density at radius 3 is 3.00 bits per heavy atom. The number of nitrogens with one attached hydrogen (secondary N) is 1. The van der Waals surface area contributed by atoms with E-state index in [0.717, 1.165) is 38.7 Å². The largest absolute Gasteiger partial charge is 0.450 e. The van der Waals surface area contributed by atoms with Crippen LogP contribution in [-0.4, -0.2) is 31.8 Å². The van der Waals surface area contributed by atoms with Crippen LogP contribution in [0, 0.1) is 0 Å². The van der Waals surface area contributed by atoms with Gasteiger partial charge in [0.1, 0.15) is 6.23 Å². The summed E-state index contributed by atoms with van der Waals surface area (Å²) >= 11 is 0. The van der Waals surface area contributed by atoms with Gasteiger partial charge in [0, 0.05) is 6.61 Å². The van der Waals surface area contributed by atoms with Crippen LogP contribution in [-0.2, 0) is 14.2 Å². The highest BCUT2D eigenvalue weighted by Crippen LogP contribution is 2.14. The molecule has 1 amide bonds. The van der Waals surface area contributed by atoms with Gasteiger partial charge >= 0.3 is 6.09 Å². The molecule has 17 heavy (non-hydrogen) atoms. The number of carbonyl (C=O) groups excluding carboxylic acids is 1. The van der Waals surface area contributed by atoms with Crippen LogP contribution < -0.4 is 5.32 Å². The third-order valence-corrected chi connectivity index (χ3v) is 2.55. The number of hydrogen-bond donors (Lipinski definition) is 1. The molecule has 0 aromatic carbocycles. The minimum absolute atomic E-state index is 0.199. The van der Waals surface area contributed by atoms with E-state index >= 15 is 0 Å². The molecule has 0 bridgehead atoms. The van der Waals surface area contributed by atoms with Crippen molar-refractivity contribution in [3.8, 4) is 0 Å². The van der Waals surface area contributed by atoms with Crippen molar-refractivity contribution in [3.05, 3.63) is 0 Å². The molecule has 1 heterocycles. The second kappa shape index (κ2) is 8.31. The smallest absolute Gasteiger partial charge is 0.409 e. The van der Waals surface area contributed by atoms with Crippen LogP contribution in [0.3, 0.4) is 0 Å².